The van der Waals surface area contributed by atoms with E-state index in [0.717, 1.165) is 162 Å². The van der Waals surface area contributed by atoms with E-state index < -0.39 is 56.1 Å². The normalized spacial score (nSPS) is 20.1. The zero-order chi connectivity index (χ0) is 76.7. The molecule has 0 bridgehead atoms. The number of aliphatic hydroxyl groups excluding tert-OH is 1. The number of β-amino-alcohol motifs (C(OH)–C–C–N with tert-alkyl or cyclic N) is 1. The SMILES string of the molecule is Cc1ncsc1-c1ccc([C@H](C)NC(=O)[C@@H]2C[C@@H](O)CN2C(=O)[C@@H](NC(=O)CCCCCCC(=O)N2CCN(C[C@]3(C)CCC(c4ccc(Cl)cc4)=C(CN4CCN(c5ccc(C(=O)NS(=O)(=O)c6ccc(N[C@H](CCN7CCCCC7)CSc7ccccc7)c([N+](=O)[O-])c6)cc5)CC4)C3)CC2)C(C)(C)C)cc1. The number of nitro groups is 1. The number of amides is 5. The number of benzene rings is 5. The van der Waals surface area contributed by atoms with Crippen molar-refractivity contribution in [3.63, 3.8) is 0 Å². The van der Waals surface area contributed by atoms with Crippen LogP contribution < -0.4 is 25.6 Å². The lowest BCUT2D eigenvalue weighted by atomic mass is 9.71. The summed E-state index contributed by atoms with van der Waals surface area (Å²) in [5.74, 6) is -1.06. The van der Waals surface area contributed by atoms with Crippen LogP contribution in [0.4, 0.5) is 17.1 Å². The maximum Gasteiger partial charge on any atom is 0.293 e. The molecule has 4 aliphatic heterocycles. The lowest BCUT2D eigenvalue weighted by Gasteiger charge is -2.44. The summed E-state index contributed by atoms with van der Waals surface area (Å²) in [5, 5.41) is 33.4. The smallest absolute Gasteiger partial charge is 0.293 e. The van der Waals surface area contributed by atoms with Gasteiger partial charge in [-0.1, -0.05) is 119 Å². The van der Waals surface area contributed by atoms with Crippen LogP contribution in [0.15, 0.2) is 142 Å². The highest BCUT2D eigenvalue weighted by atomic mass is 35.5. The number of aromatic nitrogens is 1. The Hall–Kier alpha value is -7.75. The number of halogens is 1. The number of carbonyl (C=O) groups excluding carboxylic acids is 5. The number of anilines is 2. The van der Waals surface area contributed by atoms with Crippen LogP contribution in [0.25, 0.3) is 16.0 Å². The van der Waals surface area contributed by atoms with E-state index in [9.17, 15) is 47.6 Å². The van der Waals surface area contributed by atoms with Gasteiger partial charge in [-0.3, -0.25) is 43.9 Å². The monoisotopic (exact) mass is 1550 g/mol. The minimum atomic E-state index is -4.50. The van der Waals surface area contributed by atoms with Gasteiger partial charge >= 0.3 is 0 Å². The van der Waals surface area contributed by atoms with E-state index in [1.54, 1.807) is 35.2 Å². The number of thioether (sulfide) groups is 1. The molecule has 6 atom stereocenters. The predicted molar refractivity (Wildman–Crippen MR) is 430 cm³/mol. The standard InChI is InChI=1S/C82H107ClN12O10S3/c1-57(59-21-23-61(24-22-59)76-58(2)84-56-107-76)85-79(100)73-49-67(96)53-94(73)80(101)77(81(3,4)5)87-74(97)19-13-7-8-14-20-75(98)93-47-43-91(44-48-93)55-82(6)37-35-70(60-25-29-64(83)30-26-60)63(51-82)52-90-41-45-92(46-42-90)66-31-27-62(28-32-66)78(99)88-108(104,105)69-33-34-71(72(50-69)95(102)103)86-65(36-40-89-38-15-10-16-39-89)54-106-68-17-11-9-12-18-68/h9,11-12,17-18,21-34,50,56-57,65,67,73,77,86,96H,7-8,10,13-16,19-20,35-49,51-55H2,1-6H3,(H,85,100)(H,87,97)(H,88,99)/t57-,65+,67+,73-,77+,82+/m0/s1. The number of carbonyl (C=O) groups is 5. The van der Waals surface area contributed by atoms with Gasteiger partial charge < -0.3 is 40.7 Å². The molecule has 0 radical (unpaired) electrons. The molecule has 26 heteroatoms. The number of likely N-dealkylation sites (tertiary alicyclic amines) is 2. The number of aliphatic hydroxyl groups is 1. The minimum absolute atomic E-state index is 0.00808. The molecule has 1 aromatic heterocycles. The molecule has 4 saturated heterocycles. The highest BCUT2D eigenvalue weighted by Gasteiger charge is 2.45. The summed E-state index contributed by atoms with van der Waals surface area (Å²) >= 11 is 9.65. The number of piperazine rings is 2. The maximum absolute atomic E-state index is 14.3. The summed E-state index contributed by atoms with van der Waals surface area (Å²) in [6, 6.07) is 34.4. The number of nitrogens with zero attached hydrogens (tertiary/aromatic N) is 8. The first-order chi connectivity index (χ1) is 51.7. The van der Waals surface area contributed by atoms with Gasteiger partial charge in [0.05, 0.1) is 38.0 Å². The van der Waals surface area contributed by atoms with E-state index in [2.05, 4.69) is 64.3 Å². The van der Waals surface area contributed by atoms with Gasteiger partial charge in [0.1, 0.15) is 17.8 Å². The summed E-state index contributed by atoms with van der Waals surface area (Å²) in [5.41, 5.74) is 8.91. The number of nitro benzene ring substituents is 1. The Labute approximate surface area is 650 Å². The van der Waals surface area contributed by atoms with E-state index in [0.29, 0.717) is 43.1 Å². The maximum atomic E-state index is 14.3. The molecule has 5 amide bonds. The second-order valence-electron chi connectivity index (χ2n) is 31.4. The van der Waals surface area contributed by atoms with Gasteiger partial charge in [-0.15, -0.1) is 23.1 Å². The summed E-state index contributed by atoms with van der Waals surface area (Å²) < 4.78 is 29.7. The molecular formula is C82H107ClN12O10S3. The molecule has 4 fully saturated rings. The van der Waals surface area contributed by atoms with Crippen molar-refractivity contribution in [2.24, 2.45) is 10.8 Å². The number of unbranched alkanes of at least 4 members (excludes halogenated alkanes) is 3. The first-order valence-corrected chi connectivity index (χ1v) is 42.1. The van der Waals surface area contributed by atoms with Gasteiger partial charge in [-0.25, -0.2) is 18.1 Å². The van der Waals surface area contributed by atoms with Crippen LogP contribution in [-0.2, 0) is 29.2 Å². The van der Waals surface area contributed by atoms with E-state index >= 15 is 0 Å². The van der Waals surface area contributed by atoms with E-state index in [4.69, 9.17) is 11.6 Å². The first-order valence-electron chi connectivity index (χ1n) is 38.4. The second-order valence-corrected chi connectivity index (χ2v) is 35.4. The van der Waals surface area contributed by atoms with Gasteiger partial charge in [-0.2, -0.15) is 0 Å². The fourth-order valence-corrected chi connectivity index (χ4v) is 18.6. The molecule has 0 spiro atoms. The molecule has 1 aliphatic carbocycles. The van der Waals surface area contributed by atoms with Crippen molar-refractivity contribution in [3.8, 4) is 10.4 Å². The lowest BCUT2D eigenvalue weighted by molar-refractivity contribution is -0.384. The highest BCUT2D eigenvalue weighted by molar-refractivity contribution is 7.99. The van der Waals surface area contributed by atoms with Crippen molar-refractivity contribution >= 4 is 96.9 Å². The fourth-order valence-electron chi connectivity index (χ4n) is 15.7. The molecule has 5 aliphatic rings. The average Bonchev–Trinajstić information content (AvgIpc) is 1.14. The van der Waals surface area contributed by atoms with E-state index in [1.165, 1.54) is 40.2 Å². The molecule has 0 unspecified atom stereocenters. The quantitative estimate of drug-likeness (QED) is 0.0117. The average molecular weight is 1550 g/mol. The van der Waals surface area contributed by atoms with Crippen molar-refractivity contribution in [3.05, 3.63) is 170 Å². The zero-order valence-electron chi connectivity index (χ0n) is 63.3. The molecule has 22 nitrogen and oxygen atoms in total. The van der Waals surface area contributed by atoms with Crippen LogP contribution in [0.2, 0.25) is 5.02 Å². The Kier molecular flexibility index (Phi) is 28.1. The topological polar surface area (TPSA) is 263 Å². The minimum Gasteiger partial charge on any atom is -0.391 e. The third-order valence-corrected chi connectivity index (χ3v) is 25.7. The Morgan fingerprint density at radius 1 is 0.796 bits per heavy atom. The molecule has 11 rings (SSSR count). The third kappa shape index (κ3) is 22.1. The van der Waals surface area contributed by atoms with Crippen LogP contribution in [-0.4, -0.2) is 199 Å². The van der Waals surface area contributed by atoms with Crippen molar-refractivity contribution < 1.29 is 42.4 Å². The number of thiazole rings is 1. The van der Waals surface area contributed by atoms with E-state index in [-0.39, 0.29) is 70.8 Å². The Bertz CT molecular complexity index is 4220. The van der Waals surface area contributed by atoms with Gasteiger partial charge in [0, 0.05) is 137 Å². The molecule has 6 aromatic rings. The number of nitrogens with one attached hydrogen (secondary N) is 4. The molecule has 108 heavy (non-hydrogen) atoms. The number of hydrogen-bond donors (Lipinski definition) is 5. The van der Waals surface area contributed by atoms with Crippen LogP contribution in [0.3, 0.4) is 0 Å². The van der Waals surface area contributed by atoms with Crippen molar-refractivity contribution in [2.45, 2.75) is 171 Å². The number of piperidine rings is 1. The van der Waals surface area contributed by atoms with Crippen LogP contribution in [0, 0.1) is 27.9 Å². The number of aryl methyl sites for hydroxylation is 1. The Morgan fingerprint density at radius 3 is 2.14 bits per heavy atom. The molecule has 0 saturated carbocycles. The Balaban J connectivity index is 0.605. The van der Waals surface area contributed by atoms with Crippen molar-refractivity contribution in [1.82, 2.24) is 44.8 Å². The number of rotatable bonds is 31. The van der Waals surface area contributed by atoms with Gasteiger partial charge in [-0.05, 0) is 172 Å². The summed E-state index contributed by atoms with van der Waals surface area (Å²) in [4.78, 5) is 100. The second kappa shape index (κ2) is 37.3. The van der Waals surface area contributed by atoms with Crippen LogP contribution in [0.5, 0.6) is 0 Å². The van der Waals surface area contributed by atoms with Gasteiger partial charge in [0.15, 0.2) is 0 Å². The molecule has 5 aromatic carbocycles. The summed E-state index contributed by atoms with van der Waals surface area (Å²) in [7, 11) is -4.50. The fraction of sp³-hybridized carbons (Fsp3) is 0.512. The van der Waals surface area contributed by atoms with Crippen molar-refractivity contribution in [2.75, 3.05) is 108 Å². The lowest BCUT2D eigenvalue weighted by Crippen LogP contribution is -2.57. The third-order valence-electron chi connectivity index (χ3n) is 22.0. The number of sulfonamides is 1. The summed E-state index contributed by atoms with van der Waals surface area (Å²) in [6.45, 7) is 22.6. The number of allylic oxidation sites excluding steroid dienone is 1. The first kappa shape index (κ1) is 81.2. The highest BCUT2D eigenvalue weighted by Crippen LogP contribution is 2.45. The molecule has 5 heterocycles. The van der Waals surface area contributed by atoms with Crippen LogP contribution >= 0.6 is 34.7 Å². The van der Waals surface area contributed by atoms with Crippen LogP contribution in [0.1, 0.15) is 158 Å². The molecule has 580 valence electrons. The van der Waals surface area contributed by atoms with E-state index in [1.807, 2.05) is 124 Å². The molecule has 5 N–H and O–H groups in total. The Morgan fingerprint density at radius 2 is 1.47 bits per heavy atom. The van der Waals surface area contributed by atoms with Gasteiger partial charge in [0.2, 0.25) is 23.6 Å². The molecular weight excluding hydrogens is 1440 g/mol. The van der Waals surface area contributed by atoms with Gasteiger partial charge in [0.25, 0.3) is 21.6 Å². The largest absolute Gasteiger partial charge is 0.391 e. The van der Waals surface area contributed by atoms with Crippen molar-refractivity contribution in [1.29, 1.82) is 0 Å². The number of hydrogen-bond acceptors (Lipinski definition) is 18. The summed E-state index contributed by atoms with van der Waals surface area (Å²) in [6.07, 6.45) is 9.89. The zero-order valence-corrected chi connectivity index (χ0v) is 66.5. The predicted octanol–water partition coefficient (Wildman–Crippen LogP) is 12.9.